The fourth-order valence-corrected chi connectivity index (χ4v) is 3.89. The lowest BCUT2D eigenvalue weighted by atomic mass is 10.1. The standard InChI is InChI=1S/C19H18F2N4O5S2/c1-9(25-15(23-24-19(25)31)14-5-4-6-32-14)16(26)22-11-8-13(30-18(20)21)12(28-2)7-10(11)17(27)29-3/h4-9,18H,1-3H3,(H,22,26)(H,24,31). The summed E-state index contributed by atoms with van der Waals surface area (Å²) in [5.41, 5.74) is -0.210. The van der Waals surface area contributed by atoms with Gasteiger partial charge in [0.1, 0.15) is 6.04 Å². The number of rotatable bonds is 8. The molecule has 2 N–H and O–H groups in total. The molecule has 0 bridgehead atoms. The molecule has 32 heavy (non-hydrogen) atoms. The number of esters is 1. The summed E-state index contributed by atoms with van der Waals surface area (Å²) in [6.07, 6.45) is 0. The van der Waals surface area contributed by atoms with Crippen LogP contribution in [0.5, 0.6) is 11.5 Å². The van der Waals surface area contributed by atoms with E-state index in [0.29, 0.717) is 5.82 Å². The van der Waals surface area contributed by atoms with Gasteiger partial charge < -0.3 is 19.5 Å². The van der Waals surface area contributed by atoms with Crippen molar-refractivity contribution in [1.29, 1.82) is 0 Å². The van der Waals surface area contributed by atoms with Crippen molar-refractivity contribution in [2.75, 3.05) is 19.5 Å². The Morgan fingerprint density at radius 1 is 1.28 bits per heavy atom. The summed E-state index contributed by atoms with van der Waals surface area (Å²) in [5, 5.41) is 11.2. The van der Waals surface area contributed by atoms with Crippen LogP contribution in [0, 0.1) is 4.77 Å². The number of carbonyl (C=O) groups excluding carboxylic acids is 2. The molecule has 0 saturated heterocycles. The fourth-order valence-electron chi connectivity index (χ4n) is 2.89. The Morgan fingerprint density at radius 3 is 2.62 bits per heavy atom. The normalized spacial score (nSPS) is 11.8. The van der Waals surface area contributed by atoms with Crippen LogP contribution in [0.3, 0.4) is 0 Å². The molecule has 170 valence electrons. The quantitative estimate of drug-likeness (QED) is 0.363. The van der Waals surface area contributed by atoms with Gasteiger partial charge in [0.05, 0.1) is 30.3 Å². The summed E-state index contributed by atoms with van der Waals surface area (Å²) in [5.74, 6) is -1.43. The number of H-pyrrole nitrogens is 1. The van der Waals surface area contributed by atoms with Gasteiger partial charge in [-0.05, 0) is 30.6 Å². The van der Waals surface area contributed by atoms with Crippen molar-refractivity contribution in [2.45, 2.75) is 19.6 Å². The number of nitrogens with one attached hydrogen (secondary N) is 2. The monoisotopic (exact) mass is 484 g/mol. The second-order valence-electron chi connectivity index (χ2n) is 6.28. The second-order valence-corrected chi connectivity index (χ2v) is 7.62. The Balaban J connectivity index is 1.99. The van der Waals surface area contributed by atoms with Crippen molar-refractivity contribution in [2.24, 2.45) is 0 Å². The van der Waals surface area contributed by atoms with E-state index in [2.05, 4.69) is 20.3 Å². The van der Waals surface area contributed by atoms with Gasteiger partial charge in [-0.25, -0.2) is 4.79 Å². The Labute approximate surface area is 189 Å². The average Bonchev–Trinajstić information content (AvgIpc) is 3.42. The van der Waals surface area contributed by atoms with E-state index in [-0.39, 0.29) is 27.5 Å². The maximum absolute atomic E-state index is 13.0. The molecule has 9 nitrogen and oxygen atoms in total. The molecule has 1 unspecified atom stereocenters. The molecule has 0 saturated carbocycles. The number of alkyl halides is 2. The highest BCUT2D eigenvalue weighted by atomic mass is 32.1. The minimum absolute atomic E-state index is 0.0992. The second kappa shape index (κ2) is 9.87. The van der Waals surface area contributed by atoms with E-state index in [1.54, 1.807) is 6.92 Å². The number of aromatic nitrogens is 3. The summed E-state index contributed by atoms with van der Waals surface area (Å²) in [7, 11) is 2.37. The first kappa shape index (κ1) is 23.3. The molecule has 0 aliphatic rings. The van der Waals surface area contributed by atoms with Crippen LogP contribution in [0.1, 0.15) is 23.3 Å². The van der Waals surface area contributed by atoms with E-state index in [1.165, 1.54) is 23.0 Å². The number of aromatic amines is 1. The molecule has 3 aromatic rings. The third-order valence-corrected chi connectivity index (χ3v) is 5.55. The van der Waals surface area contributed by atoms with Gasteiger partial charge in [0, 0.05) is 12.1 Å². The molecule has 0 spiro atoms. The number of methoxy groups -OCH3 is 2. The van der Waals surface area contributed by atoms with E-state index in [1.807, 2.05) is 17.5 Å². The number of amides is 1. The van der Waals surface area contributed by atoms with Crippen molar-refractivity contribution in [3.8, 4) is 22.2 Å². The third kappa shape index (κ3) is 4.78. The number of nitrogens with zero attached hydrogens (tertiary/aromatic N) is 2. The van der Waals surface area contributed by atoms with Gasteiger partial charge in [-0.3, -0.25) is 14.5 Å². The number of anilines is 1. The summed E-state index contributed by atoms with van der Waals surface area (Å²) in [6, 6.07) is 4.99. The summed E-state index contributed by atoms with van der Waals surface area (Å²) >= 11 is 6.68. The highest BCUT2D eigenvalue weighted by Gasteiger charge is 2.25. The van der Waals surface area contributed by atoms with E-state index < -0.39 is 24.5 Å². The molecule has 0 aliphatic carbocycles. The lowest BCUT2D eigenvalue weighted by Gasteiger charge is -2.18. The maximum atomic E-state index is 13.0. The van der Waals surface area contributed by atoms with Crippen LogP contribution in [0.4, 0.5) is 14.5 Å². The molecular weight excluding hydrogens is 466 g/mol. The summed E-state index contributed by atoms with van der Waals surface area (Å²) in [6.45, 7) is -1.57. The Morgan fingerprint density at radius 2 is 2.03 bits per heavy atom. The number of halogens is 2. The topological polar surface area (TPSA) is 107 Å². The molecule has 1 aromatic carbocycles. The molecule has 0 fully saturated rings. The summed E-state index contributed by atoms with van der Waals surface area (Å²) < 4.78 is 41.5. The maximum Gasteiger partial charge on any atom is 0.387 e. The zero-order chi connectivity index (χ0) is 23.4. The molecular formula is C19H18F2N4O5S2. The van der Waals surface area contributed by atoms with Crippen LogP contribution >= 0.6 is 23.6 Å². The minimum Gasteiger partial charge on any atom is -0.493 e. The average molecular weight is 485 g/mol. The predicted octanol–water partition coefficient (Wildman–Crippen LogP) is 4.27. The number of hydrogen-bond donors (Lipinski definition) is 2. The third-order valence-electron chi connectivity index (χ3n) is 4.40. The first-order valence-corrected chi connectivity index (χ1v) is 10.3. The van der Waals surface area contributed by atoms with Crippen LogP contribution in [-0.4, -0.2) is 47.5 Å². The van der Waals surface area contributed by atoms with Gasteiger partial charge in [0.2, 0.25) is 5.91 Å². The molecule has 2 aromatic heterocycles. The lowest BCUT2D eigenvalue weighted by molar-refractivity contribution is -0.118. The van der Waals surface area contributed by atoms with Crippen LogP contribution in [0.2, 0.25) is 0 Å². The molecule has 0 aliphatic heterocycles. The molecule has 1 atom stereocenters. The first-order chi connectivity index (χ1) is 15.3. The van der Waals surface area contributed by atoms with E-state index in [9.17, 15) is 18.4 Å². The number of thiophene rings is 1. The smallest absolute Gasteiger partial charge is 0.387 e. The van der Waals surface area contributed by atoms with Gasteiger partial charge in [0.25, 0.3) is 0 Å². The highest BCUT2D eigenvalue weighted by molar-refractivity contribution is 7.71. The summed E-state index contributed by atoms with van der Waals surface area (Å²) in [4.78, 5) is 26.1. The van der Waals surface area contributed by atoms with Gasteiger partial charge in [-0.15, -0.1) is 11.3 Å². The number of ether oxygens (including phenoxy) is 3. The van der Waals surface area contributed by atoms with Crippen molar-refractivity contribution < 1.29 is 32.6 Å². The van der Waals surface area contributed by atoms with Gasteiger partial charge in [0.15, 0.2) is 22.1 Å². The zero-order valence-electron chi connectivity index (χ0n) is 17.0. The molecule has 13 heteroatoms. The van der Waals surface area contributed by atoms with Crippen LogP contribution in [0.15, 0.2) is 29.6 Å². The van der Waals surface area contributed by atoms with Crippen molar-refractivity contribution in [3.05, 3.63) is 40.0 Å². The van der Waals surface area contributed by atoms with Crippen LogP contribution in [0.25, 0.3) is 10.7 Å². The number of benzene rings is 1. The lowest BCUT2D eigenvalue weighted by Crippen LogP contribution is -2.25. The molecule has 2 heterocycles. The first-order valence-electron chi connectivity index (χ1n) is 9.03. The van der Waals surface area contributed by atoms with E-state index in [4.69, 9.17) is 21.7 Å². The minimum atomic E-state index is -3.15. The van der Waals surface area contributed by atoms with Gasteiger partial charge >= 0.3 is 12.6 Å². The van der Waals surface area contributed by atoms with E-state index in [0.717, 1.165) is 24.1 Å². The van der Waals surface area contributed by atoms with Crippen molar-refractivity contribution in [3.63, 3.8) is 0 Å². The van der Waals surface area contributed by atoms with Gasteiger partial charge in [-0.1, -0.05) is 6.07 Å². The van der Waals surface area contributed by atoms with Crippen molar-refractivity contribution in [1.82, 2.24) is 14.8 Å². The molecule has 0 radical (unpaired) electrons. The predicted molar refractivity (Wildman–Crippen MR) is 115 cm³/mol. The Hall–Kier alpha value is -3.32. The van der Waals surface area contributed by atoms with Crippen molar-refractivity contribution >= 4 is 41.1 Å². The number of hydrogen-bond acceptors (Lipinski definition) is 8. The zero-order valence-corrected chi connectivity index (χ0v) is 18.7. The van der Waals surface area contributed by atoms with Gasteiger partial charge in [-0.2, -0.15) is 13.9 Å². The highest BCUT2D eigenvalue weighted by Crippen LogP contribution is 2.35. The largest absolute Gasteiger partial charge is 0.493 e. The number of carbonyl (C=O) groups is 2. The SMILES string of the molecule is COC(=O)c1cc(OC)c(OC(F)F)cc1NC(=O)C(C)n1c(-c2cccs2)n[nH]c1=S. The van der Waals surface area contributed by atoms with E-state index >= 15 is 0 Å². The van der Waals surface area contributed by atoms with Crippen LogP contribution < -0.4 is 14.8 Å². The Bertz CT molecular complexity index is 1180. The molecule has 1 amide bonds. The van der Waals surface area contributed by atoms with Crippen LogP contribution in [-0.2, 0) is 9.53 Å². The Kier molecular flexibility index (Phi) is 7.20. The fraction of sp³-hybridized carbons (Fsp3) is 0.263. The molecule has 3 rings (SSSR count).